The Balaban J connectivity index is 1.55. The third-order valence-corrected chi connectivity index (χ3v) is 7.17. The van der Waals surface area contributed by atoms with Crippen molar-refractivity contribution in [3.8, 4) is 5.75 Å². The molecule has 4 heteroatoms. The number of ether oxygens (including phenoxy) is 3. The van der Waals surface area contributed by atoms with Crippen LogP contribution in [0.25, 0.3) is 0 Å². The van der Waals surface area contributed by atoms with Gasteiger partial charge in [-0.1, -0.05) is 6.07 Å². The van der Waals surface area contributed by atoms with Crippen molar-refractivity contribution in [1.29, 1.82) is 0 Å². The van der Waals surface area contributed by atoms with Crippen LogP contribution in [0.4, 0.5) is 0 Å². The fraction of sp³-hybridized carbons (Fsp3) is 0.739. The molecule has 2 aliphatic carbocycles. The lowest BCUT2D eigenvalue weighted by molar-refractivity contribution is -0.108. The van der Waals surface area contributed by atoms with E-state index < -0.39 is 0 Å². The van der Waals surface area contributed by atoms with Crippen LogP contribution in [-0.4, -0.2) is 51.7 Å². The maximum atomic E-state index is 5.57. The molecule has 0 aromatic heterocycles. The van der Waals surface area contributed by atoms with Gasteiger partial charge in [0.1, 0.15) is 5.75 Å². The SMILES string of the molecule is COc1ccc2c(c1)[C@@]1(CCCC(OC)OC)CCN(CC3CC3)[C@@H](C2)C1. The lowest BCUT2D eigenvalue weighted by Gasteiger charge is -2.52. The van der Waals surface area contributed by atoms with Gasteiger partial charge in [0, 0.05) is 26.8 Å². The van der Waals surface area contributed by atoms with Gasteiger partial charge in [-0.15, -0.1) is 0 Å². The smallest absolute Gasteiger partial charge is 0.156 e. The molecule has 3 aliphatic rings. The molecule has 2 fully saturated rings. The van der Waals surface area contributed by atoms with Crippen LogP contribution in [0.1, 0.15) is 56.1 Å². The first-order valence-electron chi connectivity index (χ1n) is 10.6. The van der Waals surface area contributed by atoms with Crippen molar-refractivity contribution in [1.82, 2.24) is 4.90 Å². The van der Waals surface area contributed by atoms with Gasteiger partial charge in [-0.3, -0.25) is 4.90 Å². The van der Waals surface area contributed by atoms with Crippen molar-refractivity contribution in [2.45, 2.75) is 69.1 Å². The molecule has 1 heterocycles. The molecule has 2 bridgehead atoms. The summed E-state index contributed by atoms with van der Waals surface area (Å²) in [4.78, 5) is 2.80. The Morgan fingerprint density at radius 1 is 1.19 bits per heavy atom. The van der Waals surface area contributed by atoms with Crippen LogP contribution in [0.2, 0.25) is 0 Å². The summed E-state index contributed by atoms with van der Waals surface area (Å²) < 4.78 is 16.4. The molecule has 2 atom stereocenters. The lowest BCUT2D eigenvalue weighted by atomic mass is 9.61. The van der Waals surface area contributed by atoms with Crippen LogP contribution in [0.15, 0.2) is 18.2 Å². The summed E-state index contributed by atoms with van der Waals surface area (Å²) in [7, 11) is 5.25. The average molecular weight is 374 g/mol. The van der Waals surface area contributed by atoms with E-state index in [2.05, 4.69) is 23.1 Å². The molecule has 4 rings (SSSR count). The third-order valence-electron chi connectivity index (χ3n) is 7.17. The quantitative estimate of drug-likeness (QED) is 0.609. The van der Waals surface area contributed by atoms with Gasteiger partial charge in [0.2, 0.25) is 0 Å². The van der Waals surface area contributed by atoms with E-state index in [1.807, 2.05) is 0 Å². The fourth-order valence-corrected chi connectivity index (χ4v) is 5.45. The number of hydrogen-bond donors (Lipinski definition) is 0. The summed E-state index contributed by atoms with van der Waals surface area (Å²) in [5, 5.41) is 0. The summed E-state index contributed by atoms with van der Waals surface area (Å²) >= 11 is 0. The zero-order valence-electron chi connectivity index (χ0n) is 17.2. The molecule has 0 amide bonds. The van der Waals surface area contributed by atoms with Gasteiger partial charge in [0.25, 0.3) is 0 Å². The predicted molar refractivity (Wildman–Crippen MR) is 107 cm³/mol. The van der Waals surface area contributed by atoms with Gasteiger partial charge in [-0.25, -0.2) is 0 Å². The second-order valence-electron chi connectivity index (χ2n) is 8.85. The second-order valence-corrected chi connectivity index (χ2v) is 8.85. The van der Waals surface area contributed by atoms with Crippen LogP contribution in [0.3, 0.4) is 0 Å². The minimum absolute atomic E-state index is 0.0828. The third kappa shape index (κ3) is 4.03. The Kier molecular flexibility index (Phi) is 5.77. The normalized spacial score (nSPS) is 27.6. The first-order chi connectivity index (χ1) is 13.2. The molecular weight excluding hydrogens is 338 g/mol. The first kappa shape index (κ1) is 19.2. The molecule has 1 aliphatic heterocycles. The van der Waals surface area contributed by atoms with E-state index in [-0.39, 0.29) is 6.29 Å². The average Bonchev–Trinajstić information content (AvgIpc) is 3.52. The molecule has 1 aromatic carbocycles. The highest BCUT2D eigenvalue weighted by Crippen LogP contribution is 2.49. The number of likely N-dealkylation sites (tertiary alicyclic amines) is 1. The summed E-state index contributed by atoms with van der Waals surface area (Å²) in [6.45, 7) is 2.57. The van der Waals surface area contributed by atoms with Crippen molar-refractivity contribution in [2.24, 2.45) is 5.92 Å². The van der Waals surface area contributed by atoms with E-state index in [4.69, 9.17) is 14.2 Å². The van der Waals surface area contributed by atoms with Crippen LogP contribution in [-0.2, 0) is 21.3 Å². The van der Waals surface area contributed by atoms with Crippen LogP contribution in [0.5, 0.6) is 5.75 Å². The molecule has 0 radical (unpaired) electrons. The monoisotopic (exact) mass is 373 g/mol. The summed E-state index contributed by atoms with van der Waals surface area (Å²) in [6, 6.07) is 7.50. The van der Waals surface area contributed by atoms with Crippen LogP contribution in [0, 0.1) is 5.92 Å². The van der Waals surface area contributed by atoms with Gasteiger partial charge in [0.05, 0.1) is 7.11 Å². The van der Waals surface area contributed by atoms with Crippen molar-refractivity contribution in [3.05, 3.63) is 29.3 Å². The van der Waals surface area contributed by atoms with E-state index in [1.165, 1.54) is 51.6 Å². The highest BCUT2D eigenvalue weighted by Gasteiger charge is 2.46. The molecule has 1 saturated heterocycles. The molecule has 0 N–H and O–H groups in total. The van der Waals surface area contributed by atoms with Gasteiger partial charge < -0.3 is 14.2 Å². The van der Waals surface area contributed by atoms with E-state index in [9.17, 15) is 0 Å². The standard InChI is InChI=1S/C23H35NO3/c1-25-20-9-8-18-13-19-15-23(21(18)14-20,10-4-5-22(26-2)27-3)11-12-24(19)16-17-6-7-17/h8-9,14,17,19,22H,4-7,10-13,15-16H2,1-3H3/t19-,23-/m0/s1. The largest absolute Gasteiger partial charge is 0.497 e. The molecular formula is C23H35NO3. The Bertz CT molecular complexity index is 641. The van der Waals surface area contributed by atoms with Crippen molar-refractivity contribution >= 4 is 0 Å². The molecule has 0 spiro atoms. The van der Waals surface area contributed by atoms with Crippen LogP contribution >= 0.6 is 0 Å². The Labute approximate surface area is 164 Å². The topological polar surface area (TPSA) is 30.9 Å². The molecule has 4 nitrogen and oxygen atoms in total. The molecule has 1 saturated carbocycles. The zero-order chi connectivity index (χ0) is 18.9. The Hall–Kier alpha value is -1.10. The highest BCUT2D eigenvalue weighted by atomic mass is 16.7. The number of rotatable bonds is 9. The number of methoxy groups -OCH3 is 3. The minimum Gasteiger partial charge on any atom is -0.497 e. The molecule has 27 heavy (non-hydrogen) atoms. The van der Waals surface area contributed by atoms with E-state index in [1.54, 1.807) is 32.5 Å². The number of benzene rings is 1. The molecule has 1 aromatic rings. The Morgan fingerprint density at radius 2 is 2.00 bits per heavy atom. The number of piperidine rings is 1. The zero-order valence-corrected chi connectivity index (χ0v) is 17.2. The summed E-state index contributed by atoms with van der Waals surface area (Å²) in [6.07, 6.45) is 9.88. The minimum atomic E-state index is -0.0828. The maximum absolute atomic E-state index is 5.57. The lowest BCUT2D eigenvalue weighted by Crippen LogP contribution is -2.53. The van der Waals surface area contributed by atoms with Crippen LogP contribution < -0.4 is 4.74 Å². The number of fused-ring (bicyclic) bond motifs is 4. The second kappa shape index (κ2) is 8.10. The number of nitrogens with zero attached hydrogens (tertiary/aromatic N) is 1. The summed E-state index contributed by atoms with van der Waals surface area (Å²) in [5.74, 6) is 1.97. The summed E-state index contributed by atoms with van der Waals surface area (Å²) in [5.41, 5.74) is 3.39. The number of hydrogen-bond acceptors (Lipinski definition) is 4. The highest BCUT2D eigenvalue weighted by molar-refractivity contribution is 5.44. The van der Waals surface area contributed by atoms with Gasteiger partial charge in [0.15, 0.2) is 6.29 Å². The molecule has 150 valence electrons. The van der Waals surface area contributed by atoms with Crippen molar-refractivity contribution in [2.75, 3.05) is 34.4 Å². The molecule has 0 unspecified atom stereocenters. The van der Waals surface area contributed by atoms with Crippen molar-refractivity contribution < 1.29 is 14.2 Å². The van der Waals surface area contributed by atoms with E-state index in [0.717, 1.165) is 24.5 Å². The van der Waals surface area contributed by atoms with E-state index >= 15 is 0 Å². The van der Waals surface area contributed by atoms with Gasteiger partial charge in [-0.2, -0.15) is 0 Å². The first-order valence-corrected chi connectivity index (χ1v) is 10.6. The van der Waals surface area contributed by atoms with E-state index in [0.29, 0.717) is 11.5 Å². The predicted octanol–water partition coefficient (Wildman–Crippen LogP) is 4.15. The van der Waals surface area contributed by atoms with Gasteiger partial charge >= 0.3 is 0 Å². The Morgan fingerprint density at radius 3 is 2.70 bits per heavy atom. The fourth-order valence-electron chi connectivity index (χ4n) is 5.45. The van der Waals surface area contributed by atoms with Crippen molar-refractivity contribution in [3.63, 3.8) is 0 Å². The maximum Gasteiger partial charge on any atom is 0.156 e. The van der Waals surface area contributed by atoms with Gasteiger partial charge in [-0.05, 0) is 92.5 Å².